The summed E-state index contributed by atoms with van der Waals surface area (Å²) >= 11 is 1.29. The van der Waals surface area contributed by atoms with Gasteiger partial charge in [-0.1, -0.05) is 0 Å². The fraction of sp³-hybridized carbons (Fsp3) is 0.312. The van der Waals surface area contributed by atoms with E-state index in [2.05, 4.69) is 5.32 Å². The maximum Gasteiger partial charge on any atom is 0.340 e. The lowest BCUT2D eigenvalue weighted by atomic mass is 10.2. The van der Waals surface area contributed by atoms with Crippen molar-refractivity contribution in [3.63, 3.8) is 0 Å². The summed E-state index contributed by atoms with van der Waals surface area (Å²) < 4.78 is 9.84. The van der Waals surface area contributed by atoms with Crippen molar-refractivity contribution in [3.8, 4) is 0 Å². The van der Waals surface area contributed by atoms with Crippen molar-refractivity contribution in [1.82, 2.24) is 5.32 Å². The van der Waals surface area contributed by atoms with Crippen LogP contribution in [0.5, 0.6) is 0 Å². The number of hydrogen-bond acceptors (Lipinski definition) is 6. The van der Waals surface area contributed by atoms with E-state index in [0.29, 0.717) is 34.9 Å². The molecule has 1 fully saturated rings. The Labute approximate surface area is 142 Å². The molecule has 0 saturated carbocycles. The van der Waals surface area contributed by atoms with Crippen LogP contribution < -0.4 is 10.2 Å². The lowest BCUT2D eigenvalue weighted by molar-refractivity contribution is -0.118. The summed E-state index contributed by atoms with van der Waals surface area (Å²) in [6, 6.07) is 2.61. The molecule has 0 radical (unpaired) electrons. The topological polar surface area (TPSA) is 88.8 Å². The first kappa shape index (κ1) is 16.3. The number of esters is 1. The van der Waals surface area contributed by atoms with E-state index in [-0.39, 0.29) is 11.8 Å². The average molecular weight is 348 g/mol. The lowest BCUT2D eigenvalue weighted by Crippen LogP contribution is -2.41. The van der Waals surface area contributed by atoms with E-state index in [1.54, 1.807) is 24.4 Å². The van der Waals surface area contributed by atoms with Gasteiger partial charge in [0, 0.05) is 6.54 Å². The van der Waals surface area contributed by atoms with Crippen molar-refractivity contribution in [1.29, 1.82) is 0 Å². The van der Waals surface area contributed by atoms with Gasteiger partial charge in [-0.25, -0.2) is 4.79 Å². The van der Waals surface area contributed by atoms with Gasteiger partial charge in [0.15, 0.2) is 0 Å². The van der Waals surface area contributed by atoms with Gasteiger partial charge in [-0.15, -0.1) is 11.3 Å². The molecule has 3 rings (SSSR count). The number of ether oxygens (including phenoxy) is 1. The van der Waals surface area contributed by atoms with E-state index in [1.807, 2.05) is 0 Å². The monoisotopic (exact) mass is 348 g/mol. The van der Waals surface area contributed by atoms with Crippen LogP contribution in [0.15, 0.2) is 28.2 Å². The highest BCUT2D eigenvalue weighted by Gasteiger charge is 2.36. The number of aryl methyl sites for hydroxylation is 1. The minimum atomic E-state index is -0.625. The van der Waals surface area contributed by atoms with E-state index in [0.717, 1.165) is 0 Å². The van der Waals surface area contributed by atoms with Gasteiger partial charge in [0.05, 0.1) is 18.2 Å². The second-order valence-corrected chi connectivity index (χ2v) is 6.28. The van der Waals surface area contributed by atoms with Gasteiger partial charge < -0.3 is 19.4 Å². The molecule has 1 saturated heterocycles. The zero-order valence-corrected chi connectivity index (χ0v) is 14.0. The van der Waals surface area contributed by atoms with E-state index in [1.165, 1.54) is 29.6 Å². The van der Waals surface area contributed by atoms with Crippen LogP contribution in [0.3, 0.4) is 0 Å². The Balaban J connectivity index is 1.73. The van der Waals surface area contributed by atoms with Crippen LogP contribution in [0.4, 0.5) is 5.00 Å². The third-order valence-electron chi connectivity index (χ3n) is 3.80. The number of nitrogens with zero attached hydrogens (tertiary/aromatic N) is 1. The Hall–Kier alpha value is -2.61. The summed E-state index contributed by atoms with van der Waals surface area (Å²) in [7, 11) is 1.30. The highest BCUT2D eigenvalue weighted by atomic mass is 32.1. The summed E-state index contributed by atoms with van der Waals surface area (Å²) in [4.78, 5) is 38.0. The number of furan rings is 1. The molecule has 126 valence electrons. The Morgan fingerprint density at radius 1 is 1.46 bits per heavy atom. The van der Waals surface area contributed by atoms with Crippen molar-refractivity contribution in [2.75, 3.05) is 18.6 Å². The molecule has 0 aromatic carbocycles. The standard InChI is InChI=1S/C16H16N2O5S/c1-9-7-10(8-23-9)13(19)17-12-3-5-18(14(12)20)15-11(4-6-24-15)16(21)22-2/h4,6-8,12H,3,5H2,1-2H3,(H,17,19)/t12-/m1/s1. The molecule has 0 aliphatic carbocycles. The smallest absolute Gasteiger partial charge is 0.340 e. The SMILES string of the molecule is COC(=O)c1ccsc1N1CC[C@@H](NC(=O)c2coc(C)c2)C1=O. The number of thiophene rings is 1. The number of methoxy groups -OCH3 is 1. The van der Waals surface area contributed by atoms with Crippen molar-refractivity contribution in [2.24, 2.45) is 0 Å². The number of anilines is 1. The molecule has 0 spiro atoms. The predicted molar refractivity (Wildman–Crippen MR) is 87.3 cm³/mol. The molecule has 2 aromatic rings. The van der Waals surface area contributed by atoms with Crippen LogP contribution in [-0.2, 0) is 9.53 Å². The molecule has 1 aliphatic rings. The Bertz CT molecular complexity index is 794. The van der Waals surface area contributed by atoms with Crippen LogP contribution >= 0.6 is 11.3 Å². The van der Waals surface area contributed by atoms with Gasteiger partial charge in [-0.05, 0) is 30.9 Å². The van der Waals surface area contributed by atoms with Crippen LogP contribution in [0.2, 0.25) is 0 Å². The highest BCUT2D eigenvalue weighted by molar-refractivity contribution is 7.14. The molecule has 0 bridgehead atoms. The minimum absolute atomic E-state index is 0.240. The third-order valence-corrected chi connectivity index (χ3v) is 4.73. The van der Waals surface area contributed by atoms with Crippen LogP contribution in [0, 0.1) is 6.92 Å². The fourth-order valence-electron chi connectivity index (χ4n) is 2.60. The van der Waals surface area contributed by atoms with E-state index < -0.39 is 12.0 Å². The second kappa shape index (κ2) is 6.48. The highest BCUT2D eigenvalue weighted by Crippen LogP contribution is 2.31. The molecule has 2 aromatic heterocycles. The molecule has 1 aliphatic heterocycles. The number of carbonyl (C=O) groups is 3. The number of hydrogen-bond donors (Lipinski definition) is 1. The number of carbonyl (C=O) groups excluding carboxylic acids is 3. The van der Waals surface area contributed by atoms with Crippen molar-refractivity contribution in [2.45, 2.75) is 19.4 Å². The van der Waals surface area contributed by atoms with Gasteiger partial charge in [0.25, 0.3) is 5.91 Å². The molecule has 3 heterocycles. The van der Waals surface area contributed by atoms with Crippen molar-refractivity contribution in [3.05, 3.63) is 40.7 Å². The van der Waals surface area contributed by atoms with E-state index in [9.17, 15) is 14.4 Å². The Morgan fingerprint density at radius 3 is 2.92 bits per heavy atom. The minimum Gasteiger partial charge on any atom is -0.469 e. The first-order valence-electron chi connectivity index (χ1n) is 7.34. The molecule has 8 heteroatoms. The predicted octanol–water partition coefficient (Wildman–Crippen LogP) is 1.97. The second-order valence-electron chi connectivity index (χ2n) is 5.38. The summed E-state index contributed by atoms with van der Waals surface area (Å²) in [6.07, 6.45) is 1.83. The van der Waals surface area contributed by atoms with Gasteiger partial charge in [-0.2, -0.15) is 0 Å². The Morgan fingerprint density at radius 2 is 2.25 bits per heavy atom. The molecular formula is C16H16N2O5S. The fourth-order valence-corrected chi connectivity index (χ4v) is 3.52. The number of nitrogens with one attached hydrogen (secondary N) is 1. The molecule has 1 atom stereocenters. The molecule has 0 unspecified atom stereocenters. The number of amides is 2. The quantitative estimate of drug-likeness (QED) is 0.854. The van der Waals surface area contributed by atoms with Crippen LogP contribution in [-0.4, -0.2) is 37.5 Å². The maximum atomic E-state index is 12.6. The third kappa shape index (κ3) is 2.92. The largest absolute Gasteiger partial charge is 0.469 e. The van der Waals surface area contributed by atoms with Gasteiger partial charge >= 0.3 is 5.97 Å². The first-order valence-corrected chi connectivity index (χ1v) is 8.22. The zero-order chi connectivity index (χ0) is 17.3. The zero-order valence-electron chi connectivity index (χ0n) is 13.2. The van der Waals surface area contributed by atoms with E-state index in [4.69, 9.17) is 9.15 Å². The maximum absolute atomic E-state index is 12.6. The van der Waals surface area contributed by atoms with Crippen molar-refractivity contribution < 1.29 is 23.5 Å². The van der Waals surface area contributed by atoms with Gasteiger partial charge in [-0.3, -0.25) is 9.59 Å². The first-order chi connectivity index (χ1) is 11.5. The van der Waals surface area contributed by atoms with Crippen LogP contribution in [0.25, 0.3) is 0 Å². The molecule has 2 amide bonds. The summed E-state index contributed by atoms with van der Waals surface area (Å²) in [5.74, 6) is -0.455. The molecule has 7 nitrogen and oxygen atoms in total. The molecule has 24 heavy (non-hydrogen) atoms. The normalized spacial score (nSPS) is 17.2. The molecule has 1 N–H and O–H groups in total. The van der Waals surface area contributed by atoms with Crippen molar-refractivity contribution >= 4 is 34.1 Å². The number of rotatable bonds is 4. The Kier molecular flexibility index (Phi) is 4.39. The summed E-state index contributed by atoms with van der Waals surface area (Å²) in [5.41, 5.74) is 0.735. The summed E-state index contributed by atoms with van der Waals surface area (Å²) in [6.45, 7) is 2.17. The summed E-state index contributed by atoms with van der Waals surface area (Å²) in [5, 5.41) is 4.99. The van der Waals surface area contributed by atoms with Gasteiger partial charge in [0.1, 0.15) is 23.1 Å². The lowest BCUT2D eigenvalue weighted by Gasteiger charge is -2.16. The van der Waals surface area contributed by atoms with Gasteiger partial charge in [0.2, 0.25) is 5.91 Å². The molecular weight excluding hydrogens is 332 g/mol. The van der Waals surface area contributed by atoms with E-state index >= 15 is 0 Å². The average Bonchev–Trinajstić information content (AvgIpc) is 3.28. The van der Waals surface area contributed by atoms with Crippen LogP contribution in [0.1, 0.15) is 32.9 Å².